The minimum absolute atomic E-state index is 0.0447. The Balaban J connectivity index is 2.79. The molecule has 0 atom stereocenters. The Labute approximate surface area is 65.4 Å². The minimum Gasteiger partial charge on any atom is -0.392 e. The molecule has 0 saturated carbocycles. The van der Waals surface area contributed by atoms with Crippen LogP contribution < -0.4 is 0 Å². The largest absolute Gasteiger partial charge is 0.392 e. The molecule has 0 fully saturated rings. The summed E-state index contributed by atoms with van der Waals surface area (Å²) in [6, 6.07) is 1.79. The van der Waals surface area contributed by atoms with Gasteiger partial charge in [-0.15, -0.1) is 0 Å². The van der Waals surface area contributed by atoms with Gasteiger partial charge in [0.1, 0.15) is 5.82 Å². The number of aromatic nitrogens is 2. The lowest BCUT2D eigenvalue weighted by Crippen LogP contribution is -1.88. The first kappa shape index (κ1) is 7.88. The van der Waals surface area contributed by atoms with Crippen LogP contribution in [0.2, 0.25) is 0 Å². The summed E-state index contributed by atoms with van der Waals surface area (Å²) in [4.78, 5) is 8.04. The van der Waals surface area contributed by atoms with Crippen molar-refractivity contribution in [2.24, 2.45) is 0 Å². The predicted molar refractivity (Wildman–Crippen MR) is 42.9 cm³/mol. The van der Waals surface area contributed by atoms with Gasteiger partial charge in [0.15, 0.2) is 0 Å². The fourth-order valence-corrected chi connectivity index (χ4v) is 0.741. The molecular formula is C8H10N2O. The van der Waals surface area contributed by atoms with E-state index in [0.717, 1.165) is 11.5 Å². The predicted octanol–water partition coefficient (Wildman–Crippen LogP) is 0.791. The number of aryl methyl sites for hydroxylation is 1. The Kier molecular flexibility index (Phi) is 2.74. The van der Waals surface area contributed by atoms with Crippen molar-refractivity contribution in [1.82, 2.24) is 9.97 Å². The van der Waals surface area contributed by atoms with Gasteiger partial charge < -0.3 is 5.11 Å². The molecule has 0 aliphatic carbocycles. The monoisotopic (exact) mass is 150 g/mol. The lowest BCUT2D eigenvalue weighted by molar-refractivity contribution is 0.343. The van der Waals surface area contributed by atoms with E-state index in [1.807, 2.05) is 6.92 Å². The van der Waals surface area contributed by atoms with E-state index in [1.165, 1.54) is 0 Å². The molecule has 0 saturated heterocycles. The Morgan fingerprint density at radius 1 is 1.64 bits per heavy atom. The highest BCUT2D eigenvalue weighted by molar-refractivity contribution is 5.43. The SMILES string of the molecule is Cc1nccc(/C=C/CO)n1. The standard InChI is InChI=1S/C8H10N2O/c1-7-9-5-4-8(10-7)3-2-6-11/h2-5,11H,6H2,1H3/b3-2+. The van der Waals surface area contributed by atoms with Gasteiger partial charge in [0.25, 0.3) is 0 Å². The van der Waals surface area contributed by atoms with Crippen molar-refractivity contribution in [1.29, 1.82) is 0 Å². The van der Waals surface area contributed by atoms with Gasteiger partial charge in [-0.05, 0) is 19.1 Å². The number of hydrogen-bond acceptors (Lipinski definition) is 3. The Hall–Kier alpha value is -1.22. The van der Waals surface area contributed by atoms with Gasteiger partial charge in [0, 0.05) is 6.20 Å². The van der Waals surface area contributed by atoms with Crippen LogP contribution in [0.5, 0.6) is 0 Å². The summed E-state index contributed by atoms with van der Waals surface area (Å²) in [6.45, 7) is 1.87. The number of nitrogens with zero attached hydrogens (tertiary/aromatic N) is 2. The van der Waals surface area contributed by atoms with Gasteiger partial charge in [-0.25, -0.2) is 9.97 Å². The van der Waals surface area contributed by atoms with Crippen molar-refractivity contribution < 1.29 is 5.11 Å². The van der Waals surface area contributed by atoms with Crippen LogP contribution in [0.25, 0.3) is 6.08 Å². The molecule has 0 amide bonds. The Morgan fingerprint density at radius 3 is 3.09 bits per heavy atom. The fraction of sp³-hybridized carbons (Fsp3) is 0.250. The average molecular weight is 150 g/mol. The topological polar surface area (TPSA) is 46.0 Å². The maximum Gasteiger partial charge on any atom is 0.125 e. The molecule has 58 valence electrons. The maximum absolute atomic E-state index is 8.47. The summed E-state index contributed by atoms with van der Waals surface area (Å²) in [5.41, 5.74) is 0.826. The summed E-state index contributed by atoms with van der Waals surface area (Å²) in [6.07, 6.45) is 5.09. The summed E-state index contributed by atoms with van der Waals surface area (Å²) in [7, 11) is 0. The third-order valence-electron chi connectivity index (χ3n) is 1.19. The van der Waals surface area contributed by atoms with Gasteiger partial charge in [0.05, 0.1) is 12.3 Å². The molecule has 1 N–H and O–H groups in total. The second kappa shape index (κ2) is 3.83. The molecule has 0 bridgehead atoms. The molecule has 0 aliphatic heterocycles. The molecule has 1 heterocycles. The van der Waals surface area contributed by atoms with E-state index in [0.29, 0.717) is 0 Å². The molecule has 1 rings (SSSR count). The van der Waals surface area contributed by atoms with Gasteiger partial charge in [-0.2, -0.15) is 0 Å². The highest BCUT2D eigenvalue weighted by atomic mass is 16.2. The molecule has 0 radical (unpaired) electrons. The van der Waals surface area contributed by atoms with Crippen LogP contribution in [0, 0.1) is 6.92 Å². The van der Waals surface area contributed by atoms with Gasteiger partial charge in [-0.1, -0.05) is 6.08 Å². The molecule has 1 aromatic rings. The molecule has 1 aromatic heterocycles. The minimum atomic E-state index is 0.0447. The molecule has 0 spiro atoms. The fourth-order valence-electron chi connectivity index (χ4n) is 0.741. The first-order valence-corrected chi connectivity index (χ1v) is 3.40. The van der Waals surface area contributed by atoms with E-state index < -0.39 is 0 Å². The van der Waals surface area contributed by atoms with E-state index in [1.54, 1.807) is 24.4 Å². The van der Waals surface area contributed by atoms with Gasteiger partial charge in [0.2, 0.25) is 0 Å². The number of aliphatic hydroxyl groups excluding tert-OH is 1. The molecule has 0 aliphatic rings. The summed E-state index contributed by atoms with van der Waals surface area (Å²) < 4.78 is 0. The second-order valence-corrected chi connectivity index (χ2v) is 2.11. The molecule has 0 aromatic carbocycles. The van der Waals surface area contributed by atoms with Crippen LogP contribution in [0.3, 0.4) is 0 Å². The zero-order chi connectivity index (χ0) is 8.10. The highest BCUT2D eigenvalue weighted by Crippen LogP contribution is 1.96. The number of rotatable bonds is 2. The molecular weight excluding hydrogens is 140 g/mol. The summed E-state index contributed by atoms with van der Waals surface area (Å²) >= 11 is 0. The van der Waals surface area contributed by atoms with Gasteiger partial charge >= 0.3 is 0 Å². The molecule has 3 heteroatoms. The first-order chi connectivity index (χ1) is 5.33. The van der Waals surface area contributed by atoms with Crippen LogP contribution in [-0.2, 0) is 0 Å². The maximum atomic E-state index is 8.47. The van der Waals surface area contributed by atoms with Gasteiger partial charge in [-0.3, -0.25) is 0 Å². The quantitative estimate of drug-likeness (QED) is 0.678. The Morgan fingerprint density at radius 2 is 2.45 bits per heavy atom. The number of aliphatic hydroxyl groups is 1. The second-order valence-electron chi connectivity index (χ2n) is 2.11. The zero-order valence-electron chi connectivity index (χ0n) is 6.36. The number of hydrogen-bond donors (Lipinski definition) is 1. The third-order valence-corrected chi connectivity index (χ3v) is 1.19. The first-order valence-electron chi connectivity index (χ1n) is 3.40. The molecule has 3 nitrogen and oxygen atoms in total. The van der Waals surface area contributed by atoms with Crippen LogP contribution in [-0.4, -0.2) is 21.7 Å². The third kappa shape index (κ3) is 2.47. The van der Waals surface area contributed by atoms with Crippen LogP contribution in [0.15, 0.2) is 18.3 Å². The molecule has 0 unspecified atom stereocenters. The van der Waals surface area contributed by atoms with Crippen molar-refractivity contribution >= 4 is 6.08 Å². The Bertz CT molecular complexity index is 258. The smallest absolute Gasteiger partial charge is 0.125 e. The van der Waals surface area contributed by atoms with E-state index in [4.69, 9.17) is 5.11 Å². The van der Waals surface area contributed by atoms with Crippen LogP contribution >= 0.6 is 0 Å². The lowest BCUT2D eigenvalue weighted by atomic mass is 10.3. The van der Waals surface area contributed by atoms with Crippen molar-refractivity contribution in [3.63, 3.8) is 0 Å². The van der Waals surface area contributed by atoms with E-state index >= 15 is 0 Å². The van der Waals surface area contributed by atoms with Crippen molar-refractivity contribution in [2.75, 3.05) is 6.61 Å². The highest BCUT2D eigenvalue weighted by Gasteiger charge is 1.87. The van der Waals surface area contributed by atoms with Crippen LogP contribution in [0.4, 0.5) is 0 Å². The van der Waals surface area contributed by atoms with E-state index in [9.17, 15) is 0 Å². The van der Waals surface area contributed by atoms with E-state index in [2.05, 4.69) is 9.97 Å². The van der Waals surface area contributed by atoms with Crippen molar-refractivity contribution in [3.8, 4) is 0 Å². The van der Waals surface area contributed by atoms with Crippen molar-refractivity contribution in [3.05, 3.63) is 29.9 Å². The lowest BCUT2D eigenvalue weighted by Gasteiger charge is -1.92. The molecule has 11 heavy (non-hydrogen) atoms. The van der Waals surface area contributed by atoms with Crippen molar-refractivity contribution in [2.45, 2.75) is 6.92 Å². The normalized spacial score (nSPS) is 10.7. The zero-order valence-corrected chi connectivity index (χ0v) is 6.36. The summed E-state index contributed by atoms with van der Waals surface area (Å²) in [5.74, 6) is 0.741. The summed E-state index contributed by atoms with van der Waals surface area (Å²) in [5, 5.41) is 8.47. The average Bonchev–Trinajstić information content (AvgIpc) is 2.01. The van der Waals surface area contributed by atoms with Crippen LogP contribution in [0.1, 0.15) is 11.5 Å². The van der Waals surface area contributed by atoms with E-state index in [-0.39, 0.29) is 6.61 Å².